The van der Waals surface area contributed by atoms with Crippen LogP contribution in [-0.4, -0.2) is 44.0 Å². The molecule has 0 aliphatic rings. The molecule has 0 atom stereocenters. The van der Waals surface area contributed by atoms with Crippen LogP contribution in [0.2, 0.25) is 0 Å². The molecule has 0 aromatic heterocycles. The minimum Gasteiger partial charge on any atom is -0.374 e. The Balaban J connectivity index is 4.12. The van der Waals surface area contributed by atoms with E-state index in [1.807, 2.05) is 6.08 Å². The molecule has 0 bridgehead atoms. The maximum Gasteiger partial charge on any atom is 0.0320 e. The summed E-state index contributed by atoms with van der Waals surface area (Å²) in [6.07, 6.45) is 3.77. The standard InChI is InChI=1S/C12H22N2/c1-7-8-11(2)12(3)14(6)10-9-13(4)5/h7-8H,1,3,9-10H2,2,4-6H3/b11-8-. The Morgan fingerprint density at radius 3 is 2.21 bits per heavy atom. The Morgan fingerprint density at radius 2 is 1.79 bits per heavy atom. The highest BCUT2D eigenvalue weighted by atomic mass is 15.2. The van der Waals surface area contributed by atoms with E-state index in [9.17, 15) is 0 Å². The molecule has 0 N–H and O–H groups in total. The van der Waals surface area contributed by atoms with Crippen molar-refractivity contribution in [3.63, 3.8) is 0 Å². The fourth-order valence-corrected chi connectivity index (χ4v) is 1.06. The number of nitrogens with zero attached hydrogens (tertiary/aromatic N) is 2. The van der Waals surface area contributed by atoms with Crippen molar-refractivity contribution in [3.8, 4) is 0 Å². The van der Waals surface area contributed by atoms with Crippen LogP contribution in [0.15, 0.2) is 36.6 Å². The van der Waals surface area contributed by atoms with E-state index < -0.39 is 0 Å². The summed E-state index contributed by atoms with van der Waals surface area (Å²) in [5.41, 5.74) is 2.23. The first kappa shape index (κ1) is 13.0. The topological polar surface area (TPSA) is 6.48 Å². The first-order chi connectivity index (χ1) is 6.49. The van der Waals surface area contributed by atoms with Gasteiger partial charge in [-0.1, -0.05) is 25.3 Å². The van der Waals surface area contributed by atoms with Crippen molar-refractivity contribution < 1.29 is 0 Å². The number of rotatable bonds is 6. The van der Waals surface area contributed by atoms with Gasteiger partial charge in [0.2, 0.25) is 0 Å². The number of likely N-dealkylation sites (N-methyl/N-ethyl adjacent to an activating group) is 2. The molecular formula is C12H22N2. The lowest BCUT2D eigenvalue weighted by Crippen LogP contribution is -2.28. The third-order valence-electron chi connectivity index (χ3n) is 2.17. The summed E-state index contributed by atoms with van der Waals surface area (Å²) in [4.78, 5) is 4.33. The first-order valence-corrected chi connectivity index (χ1v) is 4.83. The minimum absolute atomic E-state index is 0.994. The molecule has 0 fully saturated rings. The lowest BCUT2D eigenvalue weighted by molar-refractivity contribution is 0.329. The smallest absolute Gasteiger partial charge is 0.0320 e. The summed E-state index contributed by atoms with van der Waals surface area (Å²) in [7, 11) is 6.21. The lowest BCUT2D eigenvalue weighted by atomic mass is 10.2. The molecule has 0 amide bonds. The lowest BCUT2D eigenvalue weighted by Gasteiger charge is -2.23. The molecule has 0 unspecified atom stereocenters. The quantitative estimate of drug-likeness (QED) is 0.598. The highest BCUT2D eigenvalue weighted by Crippen LogP contribution is 2.10. The molecule has 0 aliphatic heterocycles. The molecule has 0 radical (unpaired) electrons. The molecule has 0 aliphatic carbocycles. The summed E-state index contributed by atoms with van der Waals surface area (Å²) < 4.78 is 0. The molecule has 0 aromatic carbocycles. The molecule has 0 saturated carbocycles. The summed E-state index contributed by atoms with van der Waals surface area (Å²) in [5.74, 6) is 0. The van der Waals surface area contributed by atoms with Gasteiger partial charge < -0.3 is 9.80 Å². The van der Waals surface area contributed by atoms with Crippen LogP contribution in [0.4, 0.5) is 0 Å². The Kier molecular flexibility index (Phi) is 5.97. The average Bonchev–Trinajstić information content (AvgIpc) is 2.13. The summed E-state index contributed by atoms with van der Waals surface area (Å²) in [6.45, 7) is 11.8. The van der Waals surface area contributed by atoms with Gasteiger partial charge in [-0.05, 0) is 26.6 Å². The fraction of sp³-hybridized carbons (Fsp3) is 0.500. The molecule has 0 saturated heterocycles. The van der Waals surface area contributed by atoms with Crippen molar-refractivity contribution >= 4 is 0 Å². The van der Waals surface area contributed by atoms with Crippen LogP contribution in [0.5, 0.6) is 0 Å². The third kappa shape index (κ3) is 4.87. The van der Waals surface area contributed by atoms with E-state index in [0.717, 1.165) is 18.8 Å². The van der Waals surface area contributed by atoms with Gasteiger partial charge in [0.15, 0.2) is 0 Å². The van der Waals surface area contributed by atoms with Crippen LogP contribution in [0.3, 0.4) is 0 Å². The van der Waals surface area contributed by atoms with Gasteiger partial charge in [-0.3, -0.25) is 0 Å². The monoisotopic (exact) mass is 194 g/mol. The Labute approximate surface area is 88.2 Å². The summed E-state index contributed by atoms with van der Waals surface area (Å²) >= 11 is 0. The van der Waals surface area contributed by atoms with Gasteiger partial charge in [0.25, 0.3) is 0 Å². The average molecular weight is 194 g/mol. The van der Waals surface area contributed by atoms with E-state index in [1.165, 1.54) is 5.57 Å². The van der Waals surface area contributed by atoms with Crippen molar-refractivity contribution in [2.75, 3.05) is 34.2 Å². The SMILES string of the molecule is C=C/C=C(/C)C(=C)N(C)CCN(C)C. The van der Waals surface area contributed by atoms with E-state index in [4.69, 9.17) is 0 Å². The number of allylic oxidation sites excluding steroid dienone is 3. The van der Waals surface area contributed by atoms with Crippen molar-refractivity contribution in [2.24, 2.45) is 0 Å². The van der Waals surface area contributed by atoms with E-state index in [-0.39, 0.29) is 0 Å². The zero-order valence-corrected chi connectivity index (χ0v) is 9.88. The van der Waals surface area contributed by atoms with Crippen LogP contribution < -0.4 is 0 Å². The molecule has 14 heavy (non-hydrogen) atoms. The van der Waals surface area contributed by atoms with Gasteiger partial charge in [0.1, 0.15) is 0 Å². The Hall–Kier alpha value is -1.02. The molecule has 0 spiro atoms. The maximum atomic E-state index is 4.04. The van der Waals surface area contributed by atoms with Crippen LogP contribution in [0, 0.1) is 0 Å². The third-order valence-corrected chi connectivity index (χ3v) is 2.17. The fourth-order valence-electron chi connectivity index (χ4n) is 1.06. The Bertz CT molecular complexity index is 226. The van der Waals surface area contributed by atoms with Crippen LogP contribution >= 0.6 is 0 Å². The van der Waals surface area contributed by atoms with Crippen LogP contribution in [-0.2, 0) is 0 Å². The van der Waals surface area contributed by atoms with Crippen LogP contribution in [0.25, 0.3) is 0 Å². The number of hydrogen-bond donors (Lipinski definition) is 0. The van der Waals surface area contributed by atoms with Crippen molar-refractivity contribution in [1.82, 2.24) is 9.80 Å². The minimum atomic E-state index is 0.994. The van der Waals surface area contributed by atoms with Gasteiger partial charge >= 0.3 is 0 Å². The molecule has 80 valence electrons. The van der Waals surface area contributed by atoms with Crippen molar-refractivity contribution in [3.05, 3.63) is 36.6 Å². The zero-order valence-electron chi connectivity index (χ0n) is 9.88. The Morgan fingerprint density at radius 1 is 1.21 bits per heavy atom. The summed E-state index contributed by atoms with van der Waals surface area (Å²) in [5, 5.41) is 0. The van der Waals surface area contributed by atoms with Gasteiger partial charge in [-0.2, -0.15) is 0 Å². The normalized spacial score (nSPS) is 11.6. The predicted molar refractivity (Wildman–Crippen MR) is 64.3 cm³/mol. The molecule has 0 rings (SSSR count). The highest BCUT2D eigenvalue weighted by Gasteiger charge is 2.03. The van der Waals surface area contributed by atoms with E-state index >= 15 is 0 Å². The van der Waals surface area contributed by atoms with Gasteiger partial charge in [0, 0.05) is 25.8 Å². The first-order valence-electron chi connectivity index (χ1n) is 4.83. The van der Waals surface area contributed by atoms with Gasteiger partial charge in [0.05, 0.1) is 0 Å². The van der Waals surface area contributed by atoms with Crippen molar-refractivity contribution in [1.29, 1.82) is 0 Å². The second kappa shape index (κ2) is 6.44. The zero-order chi connectivity index (χ0) is 11.1. The second-order valence-corrected chi connectivity index (χ2v) is 3.76. The second-order valence-electron chi connectivity index (χ2n) is 3.76. The molecular weight excluding hydrogens is 172 g/mol. The van der Waals surface area contributed by atoms with E-state index in [2.05, 4.69) is 51.0 Å². The van der Waals surface area contributed by atoms with Crippen LogP contribution in [0.1, 0.15) is 6.92 Å². The predicted octanol–water partition coefficient (Wildman–Crippen LogP) is 2.13. The molecule has 0 heterocycles. The molecule has 0 aromatic rings. The van der Waals surface area contributed by atoms with Crippen molar-refractivity contribution in [2.45, 2.75) is 6.92 Å². The highest BCUT2D eigenvalue weighted by molar-refractivity contribution is 5.27. The molecule has 2 nitrogen and oxygen atoms in total. The maximum absolute atomic E-state index is 4.04. The summed E-state index contributed by atoms with van der Waals surface area (Å²) in [6, 6.07) is 0. The largest absolute Gasteiger partial charge is 0.374 e. The van der Waals surface area contributed by atoms with E-state index in [1.54, 1.807) is 6.08 Å². The van der Waals surface area contributed by atoms with Gasteiger partial charge in [-0.15, -0.1) is 0 Å². The van der Waals surface area contributed by atoms with E-state index in [0.29, 0.717) is 0 Å². The number of hydrogen-bond acceptors (Lipinski definition) is 2. The molecule has 2 heteroatoms. The van der Waals surface area contributed by atoms with Gasteiger partial charge in [-0.25, -0.2) is 0 Å².